The van der Waals surface area contributed by atoms with Gasteiger partial charge in [-0.05, 0) is 29.8 Å². The normalized spacial score (nSPS) is 13.9. The molecule has 0 saturated carbocycles. The van der Waals surface area contributed by atoms with Crippen LogP contribution in [0.4, 0.5) is 0 Å². The van der Waals surface area contributed by atoms with E-state index in [4.69, 9.17) is 9.84 Å². The van der Waals surface area contributed by atoms with Crippen molar-refractivity contribution in [3.8, 4) is 22.8 Å². The van der Waals surface area contributed by atoms with E-state index in [1.807, 2.05) is 0 Å². The molecule has 0 bridgehead atoms. The number of rotatable bonds is 5. The molecule has 10 heteroatoms. The van der Waals surface area contributed by atoms with Crippen LogP contribution in [0.5, 0.6) is 11.5 Å². The number of aromatic amines is 1. The molecule has 4 rings (SSSR count). The standard InChI is InChI=1S/C19H15N3O7/c23-15(16(24)19(27)28)18(26)20-7-8-4-5-11-10(6-8)14-13-9(17(25)22-21-14)2-1-3-12(13)29-11/h1-6,15-16,23-24H,7H2,(H,20,26)(H,22,25)(H,27,28). The number of carboxylic acids is 1. The van der Waals surface area contributed by atoms with Crippen LogP contribution in [0.3, 0.4) is 0 Å². The Morgan fingerprint density at radius 3 is 2.69 bits per heavy atom. The number of amides is 1. The van der Waals surface area contributed by atoms with Gasteiger partial charge in [0, 0.05) is 12.1 Å². The van der Waals surface area contributed by atoms with Crippen molar-refractivity contribution < 1.29 is 29.6 Å². The van der Waals surface area contributed by atoms with E-state index in [0.717, 1.165) is 0 Å². The van der Waals surface area contributed by atoms with Crippen LogP contribution in [0.25, 0.3) is 22.0 Å². The molecule has 29 heavy (non-hydrogen) atoms. The van der Waals surface area contributed by atoms with Crippen molar-refractivity contribution >= 4 is 22.6 Å². The number of carbonyl (C=O) groups excluding carboxylic acids is 1. The van der Waals surface area contributed by atoms with Crippen molar-refractivity contribution in [3.05, 3.63) is 52.3 Å². The molecule has 2 unspecified atom stereocenters. The summed E-state index contributed by atoms with van der Waals surface area (Å²) in [5.74, 6) is -1.70. The Morgan fingerprint density at radius 2 is 1.93 bits per heavy atom. The van der Waals surface area contributed by atoms with Crippen molar-refractivity contribution in [1.29, 1.82) is 0 Å². The van der Waals surface area contributed by atoms with Gasteiger partial charge in [-0.15, -0.1) is 0 Å². The fourth-order valence-corrected chi connectivity index (χ4v) is 3.12. The maximum absolute atomic E-state index is 12.0. The Balaban J connectivity index is 1.63. The second-order valence-corrected chi connectivity index (χ2v) is 6.46. The minimum Gasteiger partial charge on any atom is -0.479 e. The number of hydrogen-bond donors (Lipinski definition) is 5. The summed E-state index contributed by atoms with van der Waals surface area (Å²) in [4.78, 5) is 34.5. The largest absolute Gasteiger partial charge is 0.479 e. The minimum absolute atomic E-state index is 0.0380. The first kappa shape index (κ1) is 18.6. The van der Waals surface area contributed by atoms with Crippen molar-refractivity contribution in [2.45, 2.75) is 18.8 Å². The predicted octanol–water partition coefficient (Wildman–Crippen LogP) is 0.118. The van der Waals surface area contributed by atoms with Gasteiger partial charge in [0.25, 0.3) is 11.5 Å². The zero-order valence-corrected chi connectivity index (χ0v) is 14.7. The number of nitrogens with one attached hydrogen (secondary N) is 2. The van der Waals surface area contributed by atoms with Crippen LogP contribution in [0, 0.1) is 0 Å². The summed E-state index contributed by atoms with van der Waals surface area (Å²) >= 11 is 0. The highest BCUT2D eigenvalue weighted by atomic mass is 16.5. The molecule has 0 saturated heterocycles. The number of H-pyrrole nitrogens is 1. The summed E-state index contributed by atoms with van der Waals surface area (Å²) < 4.78 is 5.86. The van der Waals surface area contributed by atoms with Crippen LogP contribution in [0.2, 0.25) is 0 Å². The maximum atomic E-state index is 12.0. The molecular formula is C19H15N3O7. The lowest BCUT2D eigenvalue weighted by atomic mass is 9.99. The summed E-state index contributed by atoms with van der Waals surface area (Å²) in [6.07, 6.45) is -4.32. The van der Waals surface area contributed by atoms with E-state index < -0.39 is 24.1 Å². The summed E-state index contributed by atoms with van der Waals surface area (Å²) in [6, 6.07) is 10.2. The minimum atomic E-state index is -2.22. The molecule has 10 nitrogen and oxygen atoms in total. The predicted molar refractivity (Wildman–Crippen MR) is 99.4 cm³/mol. The zero-order valence-electron chi connectivity index (χ0n) is 14.7. The van der Waals surface area contributed by atoms with Crippen molar-refractivity contribution in [3.63, 3.8) is 0 Å². The fourth-order valence-electron chi connectivity index (χ4n) is 3.12. The molecule has 1 aromatic heterocycles. The van der Waals surface area contributed by atoms with E-state index in [0.29, 0.717) is 39.1 Å². The average molecular weight is 397 g/mol. The van der Waals surface area contributed by atoms with E-state index in [9.17, 15) is 24.6 Å². The Hall–Kier alpha value is -3.76. The van der Waals surface area contributed by atoms with Crippen LogP contribution in [0.1, 0.15) is 5.56 Å². The van der Waals surface area contributed by atoms with Gasteiger partial charge in [0.2, 0.25) is 0 Å². The number of aliphatic carboxylic acids is 1. The number of aliphatic hydroxyl groups is 2. The molecule has 2 heterocycles. The first-order chi connectivity index (χ1) is 13.9. The van der Waals surface area contributed by atoms with Gasteiger partial charge < -0.3 is 25.4 Å². The topological polar surface area (TPSA) is 162 Å². The number of carboxylic acid groups (broad SMARTS) is 1. The molecule has 2 aromatic carbocycles. The SMILES string of the molecule is O=C(O)C(O)C(O)C(=O)NCc1ccc2c(c1)-c1n[nH]c(=O)c3cccc(c13)O2. The highest BCUT2D eigenvalue weighted by molar-refractivity contribution is 6.01. The van der Waals surface area contributed by atoms with Gasteiger partial charge in [0.1, 0.15) is 17.2 Å². The molecule has 5 N–H and O–H groups in total. The molecule has 0 fully saturated rings. The van der Waals surface area contributed by atoms with Gasteiger partial charge >= 0.3 is 5.97 Å². The summed E-state index contributed by atoms with van der Waals surface area (Å²) in [5.41, 5.74) is 1.39. The smallest absolute Gasteiger partial charge is 0.335 e. The lowest BCUT2D eigenvalue weighted by molar-refractivity contribution is -0.158. The summed E-state index contributed by atoms with van der Waals surface area (Å²) in [6.45, 7) is -0.0380. The number of aliphatic hydroxyl groups excluding tert-OH is 2. The van der Waals surface area contributed by atoms with Gasteiger partial charge in [-0.2, -0.15) is 5.10 Å². The number of benzene rings is 2. The Labute approximate surface area is 162 Å². The molecule has 0 spiro atoms. The van der Waals surface area contributed by atoms with Gasteiger partial charge in [-0.1, -0.05) is 12.1 Å². The van der Waals surface area contributed by atoms with Crippen molar-refractivity contribution in [2.24, 2.45) is 0 Å². The number of carbonyl (C=O) groups is 2. The maximum Gasteiger partial charge on any atom is 0.335 e. The molecule has 1 aliphatic heterocycles. The first-order valence-corrected chi connectivity index (χ1v) is 8.56. The van der Waals surface area contributed by atoms with E-state index in [1.54, 1.807) is 36.4 Å². The Morgan fingerprint density at radius 1 is 1.14 bits per heavy atom. The Kier molecular flexibility index (Phi) is 4.49. The van der Waals surface area contributed by atoms with Crippen LogP contribution in [-0.2, 0) is 16.1 Å². The summed E-state index contributed by atoms with van der Waals surface area (Å²) in [7, 11) is 0. The van der Waals surface area contributed by atoms with Crippen molar-refractivity contribution in [2.75, 3.05) is 0 Å². The molecule has 0 radical (unpaired) electrons. The number of hydrogen-bond acceptors (Lipinski definition) is 7. The monoisotopic (exact) mass is 397 g/mol. The lowest BCUT2D eigenvalue weighted by Crippen LogP contribution is -2.45. The van der Waals surface area contributed by atoms with Gasteiger partial charge in [-0.3, -0.25) is 9.59 Å². The summed E-state index contributed by atoms with van der Waals surface area (Å²) in [5, 5.41) is 37.4. The molecule has 3 aromatic rings. The molecule has 148 valence electrons. The number of fused-ring (bicyclic) bond motifs is 2. The first-order valence-electron chi connectivity index (χ1n) is 8.56. The number of ether oxygens (including phenoxy) is 1. The fraction of sp³-hybridized carbons (Fsp3) is 0.158. The van der Waals surface area contributed by atoms with E-state index >= 15 is 0 Å². The third kappa shape index (κ3) is 3.20. The highest BCUT2D eigenvalue weighted by Gasteiger charge is 2.30. The second kappa shape index (κ2) is 7.00. The van der Waals surface area contributed by atoms with Crippen LogP contribution in [0.15, 0.2) is 41.2 Å². The Bertz CT molecular complexity index is 1200. The average Bonchev–Trinajstić information content (AvgIpc) is 2.72. The van der Waals surface area contributed by atoms with E-state index in [1.165, 1.54) is 0 Å². The van der Waals surface area contributed by atoms with Crippen LogP contribution >= 0.6 is 0 Å². The lowest BCUT2D eigenvalue weighted by Gasteiger charge is -2.20. The molecule has 0 aliphatic carbocycles. The zero-order chi connectivity index (χ0) is 20.7. The molecular weight excluding hydrogens is 382 g/mol. The van der Waals surface area contributed by atoms with E-state index in [2.05, 4.69) is 15.5 Å². The highest BCUT2D eigenvalue weighted by Crippen LogP contribution is 2.44. The third-order valence-corrected chi connectivity index (χ3v) is 4.58. The number of nitrogens with zero attached hydrogens (tertiary/aromatic N) is 1. The van der Waals surface area contributed by atoms with Crippen LogP contribution < -0.4 is 15.6 Å². The van der Waals surface area contributed by atoms with Gasteiger partial charge in [0.05, 0.1) is 10.8 Å². The van der Waals surface area contributed by atoms with Crippen LogP contribution in [-0.4, -0.2) is 49.6 Å². The number of aromatic nitrogens is 2. The van der Waals surface area contributed by atoms with Crippen molar-refractivity contribution in [1.82, 2.24) is 15.5 Å². The van der Waals surface area contributed by atoms with Gasteiger partial charge in [-0.25, -0.2) is 9.89 Å². The molecule has 1 amide bonds. The van der Waals surface area contributed by atoms with Gasteiger partial charge in [0.15, 0.2) is 12.2 Å². The molecule has 1 aliphatic rings. The second-order valence-electron chi connectivity index (χ2n) is 6.46. The molecule has 2 atom stereocenters. The third-order valence-electron chi connectivity index (χ3n) is 4.58. The van der Waals surface area contributed by atoms with E-state index in [-0.39, 0.29) is 12.1 Å². The quantitative estimate of drug-likeness (QED) is 0.317.